The van der Waals surface area contributed by atoms with Crippen molar-refractivity contribution in [2.24, 2.45) is 5.92 Å². The first kappa shape index (κ1) is 15.3. The quantitative estimate of drug-likeness (QED) is 0.710. The largest absolute Gasteiger partial charge is 0.352 e. The minimum atomic E-state index is -0.347. The molecule has 0 unspecified atom stereocenters. The molecule has 1 aliphatic carbocycles. The number of halogens is 1. The Balaban J connectivity index is 1.63. The van der Waals surface area contributed by atoms with E-state index in [2.05, 4.69) is 16.2 Å². The van der Waals surface area contributed by atoms with Crippen molar-refractivity contribution in [2.75, 3.05) is 6.54 Å². The summed E-state index contributed by atoms with van der Waals surface area (Å²) in [6, 6.07) is 6.45. The summed E-state index contributed by atoms with van der Waals surface area (Å²) in [5.74, 6) is -0.745. The summed E-state index contributed by atoms with van der Waals surface area (Å²) in [5, 5.41) is 3.17. The van der Waals surface area contributed by atoms with Crippen LogP contribution in [0.1, 0.15) is 29.6 Å². The Labute approximate surface area is 127 Å². The van der Waals surface area contributed by atoms with Gasteiger partial charge in [0.15, 0.2) is 0 Å². The van der Waals surface area contributed by atoms with Gasteiger partial charge in [0, 0.05) is 29.5 Å². The number of benzene rings is 1. The lowest BCUT2D eigenvalue weighted by Gasteiger charge is -2.07. The van der Waals surface area contributed by atoms with Gasteiger partial charge in [-0.1, -0.05) is 11.6 Å². The van der Waals surface area contributed by atoms with Crippen LogP contribution in [0.5, 0.6) is 0 Å². The average Bonchev–Trinajstić information content (AvgIpc) is 3.30. The standard InChI is InChI=1S/C14H16ClN3O3/c15-11-5-3-9(4-6-11)13(20)16-8-7-12(19)17-18-14(21)10-1-2-10/h3-6,10H,1-2,7-8H2,(H,16,20)(H,17,19)(H,18,21). The van der Waals surface area contributed by atoms with Crippen LogP contribution in [-0.2, 0) is 9.59 Å². The molecule has 7 heteroatoms. The molecule has 1 aromatic carbocycles. The third-order valence-electron chi connectivity index (χ3n) is 3.02. The van der Waals surface area contributed by atoms with Gasteiger partial charge in [0.25, 0.3) is 5.91 Å². The van der Waals surface area contributed by atoms with E-state index in [0.717, 1.165) is 12.8 Å². The van der Waals surface area contributed by atoms with Crippen LogP contribution in [0.2, 0.25) is 5.02 Å². The molecule has 1 aromatic rings. The molecular formula is C14H16ClN3O3. The maximum atomic E-state index is 11.7. The van der Waals surface area contributed by atoms with E-state index in [1.54, 1.807) is 24.3 Å². The predicted molar refractivity (Wildman–Crippen MR) is 77.4 cm³/mol. The zero-order valence-electron chi connectivity index (χ0n) is 11.3. The zero-order valence-corrected chi connectivity index (χ0v) is 12.1. The van der Waals surface area contributed by atoms with Gasteiger partial charge in [0.1, 0.15) is 0 Å². The fraction of sp³-hybridized carbons (Fsp3) is 0.357. The summed E-state index contributed by atoms with van der Waals surface area (Å²) in [4.78, 5) is 34.5. The number of hydrazine groups is 1. The van der Waals surface area contributed by atoms with Crippen LogP contribution in [0.15, 0.2) is 24.3 Å². The third-order valence-corrected chi connectivity index (χ3v) is 3.27. The van der Waals surface area contributed by atoms with Gasteiger partial charge in [0.2, 0.25) is 11.8 Å². The minimum absolute atomic E-state index is 0.0370. The molecule has 0 radical (unpaired) electrons. The first-order valence-electron chi connectivity index (χ1n) is 6.69. The van der Waals surface area contributed by atoms with Gasteiger partial charge in [-0.2, -0.15) is 0 Å². The normalized spacial score (nSPS) is 13.4. The Hall–Kier alpha value is -2.08. The topological polar surface area (TPSA) is 87.3 Å². The first-order chi connectivity index (χ1) is 10.1. The third kappa shape index (κ3) is 5.07. The summed E-state index contributed by atoms with van der Waals surface area (Å²) in [7, 11) is 0. The van der Waals surface area contributed by atoms with Crippen LogP contribution in [0.4, 0.5) is 0 Å². The van der Waals surface area contributed by atoms with Gasteiger partial charge in [-0.15, -0.1) is 0 Å². The Morgan fingerprint density at radius 1 is 1.10 bits per heavy atom. The van der Waals surface area contributed by atoms with E-state index < -0.39 is 0 Å². The molecule has 0 spiro atoms. The number of hydrogen-bond acceptors (Lipinski definition) is 3. The summed E-state index contributed by atoms with van der Waals surface area (Å²) in [6.07, 6.45) is 1.84. The SMILES string of the molecule is O=C(CCNC(=O)c1ccc(Cl)cc1)NNC(=O)C1CC1. The van der Waals surface area contributed by atoms with Gasteiger partial charge in [-0.05, 0) is 37.1 Å². The first-order valence-corrected chi connectivity index (χ1v) is 7.06. The fourth-order valence-corrected chi connectivity index (χ4v) is 1.76. The van der Waals surface area contributed by atoms with Crippen molar-refractivity contribution in [2.45, 2.75) is 19.3 Å². The van der Waals surface area contributed by atoms with Crippen LogP contribution < -0.4 is 16.2 Å². The van der Waals surface area contributed by atoms with Crippen LogP contribution >= 0.6 is 11.6 Å². The van der Waals surface area contributed by atoms with E-state index in [0.29, 0.717) is 10.6 Å². The molecular weight excluding hydrogens is 294 g/mol. The number of hydrogen-bond donors (Lipinski definition) is 3. The van der Waals surface area contributed by atoms with Crippen molar-refractivity contribution in [3.05, 3.63) is 34.9 Å². The summed E-state index contributed by atoms with van der Waals surface area (Å²) >= 11 is 5.73. The lowest BCUT2D eigenvalue weighted by Crippen LogP contribution is -2.43. The summed E-state index contributed by atoms with van der Waals surface area (Å²) in [6.45, 7) is 0.187. The van der Waals surface area contributed by atoms with Gasteiger partial charge in [-0.25, -0.2) is 0 Å². The highest BCUT2D eigenvalue weighted by molar-refractivity contribution is 6.30. The second-order valence-corrected chi connectivity index (χ2v) is 5.26. The number of nitrogens with one attached hydrogen (secondary N) is 3. The van der Waals surface area contributed by atoms with E-state index in [9.17, 15) is 14.4 Å². The highest BCUT2D eigenvalue weighted by Gasteiger charge is 2.29. The lowest BCUT2D eigenvalue weighted by molar-refractivity contribution is -0.129. The Kier molecular flexibility index (Phi) is 5.16. The van der Waals surface area contributed by atoms with Crippen LogP contribution in [0.25, 0.3) is 0 Å². The Morgan fingerprint density at radius 2 is 1.76 bits per heavy atom. The molecule has 0 aliphatic heterocycles. The summed E-state index contributed by atoms with van der Waals surface area (Å²) < 4.78 is 0. The van der Waals surface area contributed by atoms with Crippen LogP contribution in [0.3, 0.4) is 0 Å². The highest BCUT2D eigenvalue weighted by atomic mass is 35.5. The zero-order chi connectivity index (χ0) is 15.2. The predicted octanol–water partition coefficient (Wildman–Crippen LogP) is 1.02. The number of carbonyl (C=O) groups excluding carboxylic acids is 3. The van der Waals surface area contributed by atoms with E-state index in [1.165, 1.54) is 0 Å². The molecule has 0 saturated heterocycles. The maximum absolute atomic E-state index is 11.7. The molecule has 21 heavy (non-hydrogen) atoms. The molecule has 3 N–H and O–H groups in total. The van der Waals surface area contributed by atoms with Crippen molar-refractivity contribution >= 4 is 29.3 Å². The van der Waals surface area contributed by atoms with E-state index in [4.69, 9.17) is 11.6 Å². The molecule has 3 amide bonds. The Bertz CT molecular complexity index is 541. The second kappa shape index (κ2) is 7.08. The van der Waals surface area contributed by atoms with Crippen molar-refractivity contribution < 1.29 is 14.4 Å². The van der Waals surface area contributed by atoms with Crippen LogP contribution in [0, 0.1) is 5.92 Å². The maximum Gasteiger partial charge on any atom is 0.251 e. The molecule has 0 atom stereocenters. The van der Waals surface area contributed by atoms with Crippen molar-refractivity contribution in [1.29, 1.82) is 0 Å². The van der Waals surface area contributed by atoms with Crippen molar-refractivity contribution in [3.63, 3.8) is 0 Å². The van der Waals surface area contributed by atoms with Crippen LogP contribution in [-0.4, -0.2) is 24.3 Å². The number of amides is 3. The van der Waals surface area contributed by atoms with Gasteiger partial charge < -0.3 is 5.32 Å². The molecule has 0 bridgehead atoms. The second-order valence-electron chi connectivity index (χ2n) is 4.82. The molecule has 112 valence electrons. The molecule has 2 rings (SSSR count). The molecule has 1 fully saturated rings. The molecule has 0 aromatic heterocycles. The molecule has 6 nitrogen and oxygen atoms in total. The minimum Gasteiger partial charge on any atom is -0.352 e. The summed E-state index contributed by atoms with van der Waals surface area (Å²) in [5.41, 5.74) is 5.15. The van der Waals surface area contributed by atoms with Crippen molar-refractivity contribution in [1.82, 2.24) is 16.2 Å². The van der Waals surface area contributed by atoms with Gasteiger partial charge in [0.05, 0.1) is 0 Å². The fourth-order valence-electron chi connectivity index (χ4n) is 1.63. The smallest absolute Gasteiger partial charge is 0.251 e. The van der Waals surface area contributed by atoms with Gasteiger partial charge in [-0.3, -0.25) is 25.2 Å². The molecule has 0 heterocycles. The monoisotopic (exact) mass is 309 g/mol. The van der Waals surface area contributed by atoms with E-state index in [1.807, 2.05) is 0 Å². The molecule has 1 aliphatic rings. The number of carbonyl (C=O) groups is 3. The number of rotatable bonds is 5. The van der Waals surface area contributed by atoms with Gasteiger partial charge >= 0.3 is 0 Å². The van der Waals surface area contributed by atoms with E-state index in [-0.39, 0.29) is 36.6 Å². The lowest BCUT2D eigenvalue weighted by atomic mass is 10.2. The Morgan fingerprint density at radius 3 is 2.38 bits per heavy atom. The highest BCUT2D eigenvalue weighted by Crippen LogP contribution is 2.28. The van der Waals surface area contributed by atoms with E-state index >= 15 is 0 Å². The average molecular weight is 310 g/mol. The van der Waals surface area contributed by atoms with Crippen molar-refractivity contribution in [3.8, 4) is 0 Å². The molecule has 1 saturated carbocycles.